The average Bonchev–Trinajstić information content (AvgIpc) is 3.12. The summed E-state index contributed by atoms with van der Waals surface area (Å²) in [6.45, 7) is 4.77. The second kappa shape index (κ2) is 7.14. The van der Waals surface area contributed by atoms with Crippen molar-refractivity contribution >= 4 is 28.6 Å². The van der Waals surface area contributed by atoms with Gasteiger partial charge in [-0.25, -0.2) is 4.98 Å². The summed E-state index contributed by atoms with van der Waals surface area (Å²) in [5, 5.41) is 1.05. The van der Waals surface area contributed by atoms with Crippen LogP contribution in [0.1, 0.15) is 21.9 Å². The van der Waals surface area contributed by atoms with Crippen LogP contribution in [-0.2, 0) is 4.74 Å². The van der Waals surface area contributed by atoms with Gasteiger partial charge in [0, 0.05) is 24.0 Å². The minimum absolute atomic E-state index is 0.154. The van der Waals surface area contributed by atoms with Gasteiger partial charge in [-0.15, -0.1) is 0 Å². The normalized spacial score (nSPS) is 15.0. The Kier molecular flexibility index (Phi) is 4.54. The van der Waals surface area contributed by atoms with E-state index in [-0.39, 0.29) is 5.78 Å². The Balaban J connectivity index is 1.71. The topological polar surface area (TPSA) is 55.6 Å². The molecule has 132 valence electrons. The first-order valence-corrected chi connectivity index (χ1v) is 8.72. The second-order valence-corrected chi connectivity index (χ2v) is 6.30. The van der Waals surface area contributed by atoms with Crippen molar-refractivity contribution in [1.82, 2.24) is 4.98 Å². The van der Waals surface area contributed by atoms with Crippen molar-refractivity contribution in [3.63, 3.8) is 0 Å². The van der Waals surface area contributed by atoms with Crippen molar-refractivity contribution in [2.75, 3.05) is 31.2 Å². The predicted octanol–water partition coefficient (Wildman–Crippen LogP) is 3.87. The molecule has 3 aromatic rings. The van der Waals surface area contributed by atoms with Gasteiger partial charge >= 0.3 is 0 Å². The van der Waals surface area contributed by atoms with E-state index in [2.05, 4.69) is 11.0 Å². The number of ether oxygens (including phenoxy) is 1. The molecular weight excluding hydrogens is 328 g/mol. The van der Waals surface area contributed by atoms with Gasteiger partial charge in [0.1, 0.15) is 11.6 Å². The van der Waals surface area contributed by atoms with Gasteiger partial charge in [0.15, 0.2) is 5.76 Å². The molecule has 0 aliphatic carbocycles. The highest BCUT2D eigenvalue weighted by Crippen LogP contribution is 2.26. The Morgan fingerprint density at radius 2 is 1.96 bits per heavy atom. The van der Waals surface area contributed by atoms with Crippen LogP contribution in [0, 0.1) is 6.92 Å². The van der Waals surface area contributed by atoms with Crippen LogP contribution in [-0.4, -0.2) is 37.1 Å². The predicted molar refractivity (Wildman–Crippen MR) is 102 cm³/mol. The maximum Gasteiger partial charge on any atom is 0.221 e. The summed E-state index contributed by atoms with van der Waals surface area (Å²) < 4.78 is 10.9. The zero-order valence-electron chi connectivity index (χ0n) is 14.6. The van der Waals surface area contributed by atoms with Crippen molar-refractivity contribution < 1.29 is 13.9 Å². The molecule has 1 saturated heterocycles. The Morgan fingerprint density at radius 1 is 1.15 bits per heavy atom. The lowest BCUT2D eigenvalue weighted by Gasteiger charge is -2.29. The highest BCUT2D eigenvalue weighted by atomic mass is 16.5. The number of para-hydroxylation sites is 1. The van der Waals surface area contributed by atoms with Crippen LogP contribution >= 0.6 is 0 Å². The molecule has 1 aromatic carbocycles. The van der Waals surface area contributed by atoms with E-state index in [0.29, 0.717) is 19.0 Å². The van der Waals surface area contributed by atoms with E-state index in [1.54, 1.807) is 18.2 Å². The number of aromatic nitrogens is 1. The smallest absolute Gasteiger partial charge is 0.221 e. The lowest BCUT2D eigenvalue weighted by molar-refractivity contribution is 0.102. The number of morpholine rings is 1. The number of hydrogen-bond acceptors (Lipinski definition) is 5. The molecule has 1 aliphatic rings. The third-order valence-corrected chi connectivity index (χ3v) is 4.44. The molecule has 5 nitrogen and oxygen atoms in total. The number of benzene rings is 1. The zero-order valence-corrected chi connectivity index (χ0v) is 14.6. The quantitative estimate of drug-likeness (QED) is 0.529. The van der Waals surface area contributed by atoms with E-state index in [4.69, 9.17) is 14.1 Å². The Hall–Kier alpha value is -2.92. The largest absolute Gasteiger partial charge is 0.458 e. The Morgan fingerprint density at radius 3 is 2.73 bits per heavy atom. The van der Waals surface area contributed by atoms with Gasteiger partial charge in [0.25, 0.3) is 0 Å². The highest BCUT2D eigenvalue weighted by Gasteiger charge is 2.16. The number of allylic oxidation sites excluding steroid dienone is 1. The number of carbonyl (C=O) groups excluding carboxylic acids is 1. The summed E-state index contributed by atoms with van der Waals surface area (Å²) >= 11 is 0. The molecule has 0 unspecified atom stereocenters. The first kappa shape index (κ1) is 16.5. The van der Waals surface area contributed by atoms with Gasteiger partial charge in [0.05, 0.1) is 18.7 Å². The molecule has 3 heterocycles. The lowest BCUT2D eigenvalue weighted by atomic mass is 10.1. The van der Waals surface area contributed by atoms with Gasteiger partial charge in [0.2, 0.25) is 5.78 Å². The van der Waals surface area contributed by atoms with Crippen LogP contribution in [0.4, 0.5) is 5.82 Å². The molecule has 0 atom stereocenters. The number of ketones is 1. The third kappa shape index (κ3) is 3.39. The number of hydrogen-bond donors (Lipinski definition) is 0. The number of fused-ring (bicyclic) bond motifs is 1. The van der Waals surface area contributed by atoms with Crippen molar-refractivity contribution in [3.05, 3.63) is 65.6 Å². The molecule has 26 heavy (non-hydrogen) atoms. The number of aryl methyl sites for hydroxylation is 1. The number of furan rings is 1. The minimum atomic E-state index is -0.154. The van der Waals surface area contributed by atoms with Crippen LogP contribution in [0.15, 0.2) is 53.0 Å². The molecule has 0 amide bonds. The van der Waals surface area contributed by atoms with E-state index < -0.39 is 0 Å². The molecule has 1 aliphatic heterocycles. The molecule has 5 heteroatoms. The summed E-state index contributed by atoms with van der Waals surface area (Å²) in [5.74, 6) is 1.80. The summed E-state index contributed by atoms with van der Waals surface area (Å²) in [4.78, 5) is 19.4. The molecule has 0 N–H and O–H groups in total. The van der Waals surface area contributed by atoms with E-state index in [1.807, 2.05) is 37.3 Å². The van der Waals surface area contributed by atoms with Gasteiger partial charge in [-0.1, -0.05) is 18.2 Å². The van der Waals surface area contributed by atoms with E-state index >= 15 is 0 Å². The standard InChI is InChI=1S/C21H20N2O3/c1-15-6-9-20(26-15)19(24)8-7-17-14-16-4-2-3-5-18(16)22-21(17)23-10-12-25-13-11-23/h2-9,14H,10-13H2,1H3. The maximum absolute atomic E-state index is 12.3. The van der Waals surface area contributed by atoms with E-state index in [0.717, 1.165) is 41.1 Å². The number of anilines is 1. The van der Waals surface area contributed by atoms with Crippen molar-refractivity contribution in [1.29, 1.82) is 0 Å². The first-order valence-electron chi connectivity index (χ1n) is 8.72. The van der Waals surface area contributed by atoms with E-state index in [9.17, 15) is 4.79 Å². The van der Waals surface area contributed by atoms with Crippen LogP contribution in [0.25, 0.3) is 17.0 Å². The lowest BCUT2D eigenvalue weighted by Crippen LogP contribution is -2.37. The number of rotatable bonds is 4. The monoisotopic (exact) mass is 348 g/mol. The Labute approximate surface area is 151 Å². The van der Waals surface area contributed by atoms with Gasteiger partial charge in [-0.05, 0) is 43.3 Å². The fourth-order valence-corrected chi connectivity index (χ4v) is 3.09. The number of pyridine rings is 1. The summed E-state index contributed by atoms with van der Waals surface area (Å²) in [7, 11) is 0. The van der Waals surface area contributed by atoms with Crippen LogP contribution in [0.2, 0.25) is 0 Å². The van der Waals surface area contributed by atoms with Crippen molar-refractivity contribution in [3.8, 4) is 0 Å². The van der Waals surface area contributed by atoms with Crippen LogP contribution in [0.5, 0.6) is 0 Å². The maximum atomic E-state index is 12.3. The molecular formula is C21H20N2O3. The van der Waals surface area contributed by atoms with Crippen molar-refractivity contribution in [2.24, 2.45) is 0 Å². The molecule has 2 aromatic heterocycles. The molecule has 0 spiro atoms. The SMILES string of the molecule is Cc1ccc(C(=O)C=Cc2cc3ccccc3nc2N2CCOCC2)o1. The number of nitrogens with zero attached hydrogens (tertiary/aromatic N) is 2. The summed E-state index contributed by atoms with van der Waals surface area (Å²) in [6.07, 6.45) is 3.37. The molecule has 0 saturated carbocycles. The highest BCUT2D eigenvalue weighted by molar-refractivity contribution is 6.05. The fourth-order valence-electron chi connectivity index (χ4n) is 3.09. The Bertz CT molecular complexity index is 968. The summed E-state index contributed by atoms with van der Waals surface area (Å²) in [5.41, 5.74) is 1.86. The second-order valence-electron chi connectivity index (χ2n) is 6.30. The van der Waals surface area contributed by atoms with Gasteiger partial charge < -0.3 is 14.1 Å². The van der Waals surface area contributed by atoms with Crippen LogP contribution in [0.3, 0.4) is 0 Å². The van der Waals surface area contributed by atoms with Gasteiger partial charge in [-0.3, -0.25) is 4.79 Å². The van der Waals surface area contributed by atoms with Crippen LogP contribution < -0.4 is 4.90 Å². The minimum Gasteiger partial charge on any atom is -0.458 e. The summed E-state index contributed by atoms with van der Waals surface area (Å²) in [6, 6.07) is 13.6. The van der Waals surface area contributed by atoms with E-state index in [1.165, 1.54) is 0 Å². The third-order valence-electron chi connectivity index (χ3n) is 4.44. The van der Waals surface area contributed by atoms with Gasteiger partial charge in [-0.2, -0.15) is 0 Å². The molecule has 1 fully saturated rings. The fraction of sp³-hybridized carbons (Fsp3) is 0.238. The van der Waals surface area contributed by atoms with Crippen molar-refractivity contribution in [2.45, 2.75) is 6.92 Å². The number of carbonyl (C=O) groups is 1. The molecule has 4 rings (SSSR count). The first-order chi connectivity index (χ1) is 12.7. The zero-order chi connectivity index (χ0) is 17.9. The molecule has 0 radical (unpaired) electrons. The molecule has 0 bridgehead atoms. The average molecular weight is 348 g/mol.